The average Bonchev–Trinajstić information content (AvgIpc) is 3.12. The summed E-state index contributed by atoms with van der Waals surface area (Å²) in [4.78, 5) is 4.33. The second-order valence-electron chi connectivity index (χ2n) is 4.84. The van der Waals surface area contributed by atoms with Crippen LogP contribution in [-0.4, -0.2) is 21.4 Å². The van der Waals surface area contributed by atoms with Crippen LogP contribution in [0, 0.1) is 5.92 Å². The molecule has 0 saturated heterocycles. The van der Waals surface area contributed by atoms with Crippen LogP contribution in [-0.2, 0) is 6.42 Å². The number of hydrogen-bond donors (Lipinski definition) is 1. The molecule has 0 aliphatic heterocycles. The molecule has 1 N–H and O–H groups in total. The van der Waals surface area contributed by atoms with Gasteiger partial charge in [0.05, 0.1) is 12.5 Å². The zero-order chi connectivity index (χ0) is 12.4. The smallest absolute Gasteiger partial charge is 0.229 e. The molecule has 0 bridgehead atoms. The predicted octanol–water partition coefficient (Wildman–Crippen LogP) is 2.89. The van der Waals surface area contributed by atoms with E-state index in [1.165, 1.54) is 12.8 Å². The molecule has 0 spiro atoms. The van der Waals surface area contributed by atoms with Gasteiger partial charge in [-0.05, 0) is 30.2 Å². The van der Waals surface area contributed by atoms with E-state index in [1.807, 2.05) is 16.8 Å². The molecule has 18 heavy (non-hydrogen) atoms. The summed E-state index contributed by atoms with van der Waals surface area (Å²) in [6.45, 7) is 0. The van der Waals surface area contributed by atoms with Crippen molar-refractivity contribution in [3.8, 4) is 11.4 Å². The van der Waals surface area contributed by atoms with Crippen molar-refractivity contribution in [2.45, 2.75) is 38.2 Å². The minimum atomic E-state index is -0.344. The van der Waals surface area contributed by atoms with Crippen LogP contribution >= 0.6 is 11.3 Å². The van der Waals surface area contributed by atoms with Crippen molar-refractivity contribution in [3.05, 3.63) is 22.7 Å². The Kier molecular flexibility index (Phi) is 3.43. The fourth-order valence-corrected chi connectivity index (χ4v) is 3.17. The molecule has 2 aromatic heterocycles. The number of thiophene rings is 1. The van der Waals surface area contributed by atoms with E-state index in [9.17, 15) is 5.11 Å². The first kappa shape index (κ1) is 11.9. The lowest BCUT2D eigenvalue weighted by Crippen LogP contribution is -2.20. The van der Waals surface area contributed by atoms with Crippen molar-refractivity contribution in [3.63, 3.8) is 0 Å². The summed E-state index contributed by atoms with van der Waals surface area (Å²) >= 11 is 1.61. The van der Waals surface area contributed by atoms with Gasteiger partial charge in [0.1, 0.15) is 0 Å². The van der Waals surface area contributed by atoms with Crippen molar-refractivity contribution in [1.29, 1.82) is 0 Å². The molecule has 0 amide bonds. The topological polar surface area (TPSA) is 59.2 Å². The number of aliphatic hydroxyl groups is 1. The normalized spacial score (nSPS) is 18.3. The number of aromatic nitrogens is 2. The molecule has 0 radical (unpaired) electrons. The van der Waals surface area contributed by atoms with Gasteiger partial charge in [0.15, 0.2) is 0 Å². The number of nitrogens with zero attached hydrogens (tertiary/aromatic N) is 2. The fraction of sp³-hybridized carbons (Fsp3) is 0.538. The number of aliphatic hydroxyl groups excluding tert-OH is 1. The van der Waals surface area contributed by atoms with Gasteiger partial charge in [0, 0.05) is 10.9 Å². The van der Waals surface area contributed by atoms with E-state index in [4.69, 9.17) is 4.52 Å². The number of hydrogen-bond acceptors (Lipinski definition) is 5. The zero-order valence-electron chi connectivity index (χ0n) is 10.1. The van der Waals surface area contributed by atoms with Crippen molar-refractivity contribution < 1.29 is 9.63 Å². The molecule has 3 rings (SSSR count). The predicted molar refractivity (Wildman–Crippen MR) is 69.3 cm³/mol. The monoisotopic (exact) mass is 264 g/mol. The van der Waals surface area contributed by atoms with Crippen LogP contribution in [0.15, 0.2) is 21.3 Å². The molecule has 1 saturated carbocycles. The first-order valence-corrected chi connectivity index (χ1v) is 7.30. The van der Waals surface area contributed by atoms with Gasteiger partial charge < -0.3 is 9.63 Å². The minimum Gasteiger partial charge on any atom is -0.392 e. The van der Waals surface area contributed by atoms with Gasteiger partial charge in [-0.15, -0.1) is 0 Å². The van der Waals surface area contributed by atoms with E-state index >= 15 is 0 Å². The Balaban J connectivity index is 1.66. The van der Waals surface area contributed by atoms with Crippen LogP contribution in [0.25, 0.3) is 11.4 Å². The van der Waals surface area contributed by atoms with Gasteiger partial charge in [-0.3, -0.25) is 0 Å². The van der Waals surface area contributed by atoms with Gasteiger partial charge in [-0.1, -0.05) is 18.0 Å². The van der Waals surface area contributed by atoms with E-state index in [0.29, 0.717) is 24.1 Å². The summed E-state index contributed by atoms with van der Waals surface area (Å²) in [5.74, 6) is 1.56. The molecular weight excluding hydrogens is 248 g/mol. The Morgan fingerprint density at radius 2 is 2.28 bits per heavy atom. The second-order valence-corrected chi connectivity index (χ2v) is 5.62. The molecule has 96 valence electrons. The van der Waals surface area contributed by atoms with Crippen LogP contribution in [0.5, 0.6) is 0 Å². The van der Waals surface area contributed by atoms with Crippen LogP contribution < -0.4 is 0 Å². The van der Waals surface area contributed by atoms with E-state index in [1.54, 1.807) is 11.3 Å². The highest BCUT2D eigenvalue weighted by Crippen LogP contribution is 2.29. The maximum atomic E-state index is 10.1. The Labute approximate surface area is 110 Å². The first-order chi connectivity index (χ1) is 8.83. The molecule has 2 heterocycles. The quantitative estimate of drug-likeness (QED) is 0.922. The van der Waals surface area contributed by atoms with Crippen LogP contribution in [0.3, 0.4) is 0 Å². The number of rotatable bonds is 4. The average molecular weight is 264 g/mol. The highest BCUT2D eigenvalue weighted by molar-refractivity contribution is 7.08. The summed E-state index contributed by atoms with van der Waals surface area (Å²) in [6, 6.07) is 1.96. The maximum absolute atomic E-state index is 10.1. The zero-order valence-corrected chi connectivity index (χ0v) is 10.9. The van der Waals surface area contributed by atoms with E-state index in [0.717, 1.165) is 18.4 Å². The minimum absolute atomic E-state index is 0.344. The molecule has 1 atom stereocenters. The molecule has 2 aromatic rings. The Hall–Kier alpha value is -1.20. The Morgan fingerprint density at radius 1 is 1.44 bits per heavy atom. The molecule has 1 unspecified atom stereocenters. The summed E-state index contributed by atoms with van der Waals surface area (Å²) in [5, 5.41) is 18.0. The summed E-state index contributed by atoms with van der Waals surface area (Å²) in [6.07, 6.45) is 4.82. The highest BCUT2D eigenvalue weighted by Gasteiger charge is 2.25. The van der Waals surface area contributed by atoms with E-state index < -0.39 is 0 Å². The second kappa shape index (κ2) is 5.20. The molecule has 1 aliphatic carbocycles. The van der Waals surface area contributed by atoms with Crippen LogP contribution in [0.4, 0.5) is 0 Å². The van der Waals surface area contributed by atoms with E-state index in [2.05, 4.69) is 10.1 Å². The molecule has 4 nitrogen and oxygen atoms in total. The van der Waals surface area contributed by atoms with Crippen molar-refractivity contribution in [2.75, 3.05) is 0 Å². The van der Waals surface area contributed by atoms with Crippen LogP contribution in [0.1, 0.15) is 31.6 Å². The summed E-state index contributed by atoms with van der Waals surface area (Å²) in [7, 11) is 0. The molecular formula is C13H16N2O2S. The lowest BCUT2D eigenvalue weighted by atomic mass is 9.98. The third-order valence-electron chi connectivity index (χ3n) is 3.58. The SMILES string of the molecule is OC(Cc1nc(-c2ccsc2)no1)C1CCCC1. The summed E-state index contributed by atoms with van der Waals surface area (Å²) < 4.78 is 5.20. The maximum Gasteiger partial charge on any atom is 0.229 e. The molecule has 1 aliphatic rings. The lowest BCUT2D eigenvalue weighted by Gasteiger charge is -2.14. The molecule has 5 heteroatoms. The summed E-state index contributed by atoms with van der Waals surface area (Å²) in [5.41, 5.74) is 0.977. The molecule has 1 fully saturated rings. The van der Waals surface area contributed by atoms with Gasteiger partial charge in [0.25, 0.3) is 0 Å². The van der Waals surface area contributed by atoms with Gasteiger partial charge in [-0.25, -0.2) is 0 Å². The Bertz CT molecular complexity index is 489. The van der Waals surface area contributed by atoms with E-state index in [-0.39, 0.29) is 6.10 Å². The third-order valence-corrected chi connectivity index (χ3v) is 4.26. The molecule has 0 aromatic carbocycles. The van der Waals surface area contributed by atoms with Crippen molar-refractivity contribution in [1.82, 2.24) is 10.1 Å². The lowest BCUT2D eigenvalue weighted by molar-refractivity contribution is 0.102. The standard InChI is InChI=1S/C13H16N2O2S/c16-11(9-3-1-2-4-9)7-12-14-13(15-17-12)10-5-6-18-8-10/h5-6,8-9,11,16H,1-4,7H2. The third kappa shape index (κ3) is 2.47. The Morgan fingerprint density at radius 3 is 3.00 bits per heavy atom. The fourth-order valence-electron chi connectivity index (χ4n) is 2.53. The largest absolute Gasteiger partial charge is 0.392 e. The van der Waals surface area contributed by atoms with Crippen molar-refractivity contribution >= 4 is 11.3 Å². The first-order valence-electron chi connectivity index (χ1n) is 6.36. The highest BCUT2D eigenvalue weighted by atomic mass is 32.1. The van der Waals surface area contributed by atoms with Gasteiger partial charge in [-0.2, -0.15) is 16.3 Å². The van der Waals surface area contributed by atoms with Gasteiger partial charge in [0.2, 0.25) is 11.7 Å². The van der Waals surface area contributed by atoms with Crippen molar-refractivity contribution in [2.24, 2.45) is 5.92 Å². The van der Waals surface area contributed by atoms with Gasteiger partial charge >= 0.3 is 0 Å². The van der Waals surface area contributed by atoms with Crippen LogP contribution in [0.2, 0.25) is 0 Å².